The molecule has 4 nitrogen and oxygen atoms in total. The zero-order valence-electron chi connectivity index (χ0n) is 6.13. The second-order valence-electron chi connectivity index (χ2n) is 2.20. The van der Waals surface area contributed by atoms with Gasteiger partial charge in [0, 0.05) is 6.54 Å². The SMILES string of the molecule is CCC(CN)CNC(=O)O. The van der Waals surface area contributed by atoms with E-state index in [2.05, 4.69) is 5.32 Å². The van der Waals surface area contributed by atoms with Gasteiger partial charge in [-0.15, -0.1) is 0 Å². The highest BCUT2D eigenvalue weighted by Crippen LogP contribution is 1.96. The molecule has 0 aliphatic heterocycles. The number of nitrogens with two attached hydrogens (primary N) is 1. The number of amides is 1. The molecule has 0 fully saturated rings. The summed E-state index contributed by atoms with van der Waals surface area (Å²) in [6, 6.07) is 0. The van der Waals surface area contributed by atoms with Crippen molar-refractivity contribution in [3.05, 3.63) is 0 Å². The Hall–Kier alpha value is -0.770. The normalized spacial score (nSPS) is 12.6. The monoisotopic (exact) mass is 146 g/mol. The van der Waals surface area contributed by atoms with Crippen molar-refractivity contribution in [3.8, 4) is 0 Å². The molecule has 4 heteroatoms. The highest BCUT2D eigenvalue weighted by Gasteiger charge is 2.03. The number of rotatable bonds is 4. The Bertz CT molecular complexity index is 102. The Labute approximate surface area is 60.4 Å². The molecule has 0 radical (unpaired) electrons. The van der Waals surface area contributed by atoms with Crippen LogP contribution in [0.5, 0.6) is 0 Å². The van der Waals surface area contributed by atoms with Crippen molar-refractivity contribution in [2.45, 2.75) is 13.3 Å². The minimum absolute atomic E-state index is 0.274. The summed E-state index contributed by atoms with van der Waals surface area (Å²) in [7, 11) is 0. The fourth-order valence-corrected chi connectivity index (χ4v) is 0.626. The summed E-state index contributed by atoms with van der Waals surface area (Å²) < 4.78 is 0. The third-order valence-corrected chi connectivity index (χ3v) is 1.45. The molecule has 0 aromatic heterocycles. The third kappa shape index (κ3) is 4.14. The van der Waals surface area contributed by atoms with Crippen LogP contribution >= 0.6 is 0 Å². The predicted octanol–water partition coefficient (Wildman–Crippen LogP) is 0.239. The summed E-state index contributed by atoms with van der Waals surface area (Å²) in [5.74, 6) is 0.274. The fourth-order valence-electron chi connectivity index (χ4n) is 0.626. The van der Waals surface area contributed by atoms with Crippen LogP contribution in [0.4, 0.5) is 4.79 Å². The van der Waals surface area contributed by atoms with Gasteiger partial charge in [0.2, 0.25) is 0 Å². The maximum atomic E-state index is 9.98. The molecule has 60 valence electrons. The molecule has 0 saturated heterocycles. The lowest BCUT2D eigenvalue weighted by molar-refractivity contribution is 0.192. The molecular formula is C6H14N2O2. The van der Waals surface area contributed by atoms with Gasteiger partial charge in [-0.25, -0.2) is 4.79 Å². The van der Waals surface area contributed by atoms with Gasteiger partial charge in [-0.3, -0.25) is 0 Å². The van der Waals surface area contributed by atoms with Gasteiger partial charge in [0.15, 0.2) is 0 Å². The van der Waals surface area contributed by atoms with E-state index >= 15 is 0 Å². The van der Waals surface area contributed by atoms with Crippen LogP contribution in [-0.4, -0.2) is 24.3 Å². The van der Waals surface area contributed by atoms with Gasteiger partial charge >= 0.3 is 6.09 Å². The van der Waals surface area contributed by atoms with E-state index < -0.39 is 6.09 Å². The topological polar surface area (TPSA) is 75.3 Å². The average molecular weight is 146 g/mol. The van der Waals surface area contributed by atoms with E-state index in [1.54, 1.807) is 0 Å². The van der Waals surface area contributed by atoms with E-state index in [1.807, 2.05) is 6.92 Å². The zero-order chi connectivity index (χ0) is 7.98. The Balaban J connectivity index is 3.34. The van der Waals surface area contributed by atoms with Gasteiger partial charge in [0.25, 0.3) is 0 Å². The number of carboxylic acid groups (broad SMARTS) is 1. The minimum atomic E-state index is -0.980. The lowest BCUT2D eigenvalue weighted by Gasteiger charge is -2.10. The second-order valence-corrected chi connectivity index (χ2v) is 2.20. The molecule has 0 heterocycles. The third-order valence-electron chi connectivity index (χ3n) is 1.45. The molecular weight excluding hydrogens is 132 g/mol. The van der Waals surface area contributed by atoms with E-state index in [-0.39, 0.29) is 5.92 Å². The van der Waals surface area contributed by atoms with Crippen LogP contribution in [0.25, 0.3) is 0 Å². The summed E-state index contributed by atoms with van der Waals surface area (Å²) in [5, 5.41) is 10.5. The van der Waals surface area contributed by atoms with Crippen LogP contribution in [-0.2, 0) is 0 Å². The standard InChI is InChI=1S/C6H14N2O2/c1-2-5(3-7)4-8-6(9)10/h5,8H,2-4,7H2,1H3,(H,9,10). The van der Waals surface area contributed by atoms with Gasteiger partial charge < -0.3 is 16.2 Å². The van der Waals surface area contributed by atoms with Crippen LogP contribution in [0, 0.1) is 5.92 Å². The summed E-state index contributed by atoms with van der Waals surface area (Å²) in [5.41, 5.74) is 5.34. The molecule has 1 atom stereocenters. The average Bonchev–Trinajstić information content (AvgIpc) is 1.90. The van der Waals surface area contributed by atoms with E-state index in [0.717, 1.165) is 6.42 Å². The van der Waals surface area contributed by atoms with Crippen LogP contribution in [0.3, 0.4) is 0 Å². The Kier molecular flexibility index (Phi) is 4.66. The largest absolute Gasteiger partial charge is 0.465 e. The summed E-state index contributed by atoms with van der Waals surface area (Å²) >= 11 is 0. The fraction of sp³-hybridized carbons (Fsp3) is 0.833. The van der Waals surface area contributed by atoms with Crippen molar-refractivity contribution < 1.29 is 9.90 Å². The summed E-state index contributed by atoms with van der Waals surface area (Å²) in [6.45, 7) is 2.99. The predicted molar refractivity (Wildman–Crippen MR) is 38.9 cm³/mol. The molecule has 0 spiro atoms. The van der Waals surface area contributed by atoms with Crippen molar-refractivity contribution in [2.75, 3.05) is 13.1 Å². The molecule has 0 aromatic carbocycles. The summed E-state index contributed by atoms with van der Waals surface area (Å²) in [6.07, 6.45) is -0.0662. The zero-order valence-corrected chi connectivity index (χ0v) is 6.13. The first kappa shape index (κ1) is 9.23. The van der Waals surface area contributed by atoms with Crippen molar-refractivity contribution in [2.24, 2.45) is 11.7 Å². The van der Waals surface area contributed by atoms with Crippen molar-refractivity contribution in [1.29, 1.82) is 0 Å². The van der Waals surface area contributed by atoms with Crippen molar-refractivity contribution in [3.63, 3.8) is 0 Å². The quantitative estimate of drug-likeness (QED) is 0.531. The second kappa shape index (κ2) is 5.05. The van der Waals surface area contributed by atoms with E-state index in [1.165, 1.54) is 0 Å². The molecule has 1 unspecified atom stereocenters. The lowest BCUT2D eigenvalue weighted by atomic mass is 10.1. The molecule has 0 rings (SSSR count). The van der Waals surface area contributed by atoms with Crippen LogP contribution in [0.1, 0.15) is 13.3 Å². The number of hydrogen-bond donors (Lipinski definition) is 3. The van der Waals surface area contributed by atoms with Crippen LogP contribution in [0.15, 0.2) is 0 Å². The number of carbonyl (C=O) groups is 1. The molecule has 0 bridgehead atoms. The maximum absolute atomic E-state index is 9.98. The first-order valence-electron chi connectivity index (χ1n) is 3.37. The molecule has 0 aromatic rings. The van der Waals surface area contributed by atoms with E-state index in [9.17, 15) is 4.79 Å². The molecule has 0 saturated carbocycles. The van der Waals surface area contributed by atoms with Crippen LogP contribution in [0.2, 0.25) is 0 Å². The van der Waals surface area contributed by atoms with Gasteiger partial charge in [0.05, 0.1) is 0 Å². The van der Waals surface area contributed by atoms with Gasteiger partial charge in [-0.05, 0) is 12.5 Å². The smallest absolute Gasteiger partial charge is 0.404 e. The van der Waals surface area contributed by atoms with Gasteiger partial charge in [-0.2, -0.15) is 0 Å². The highest BCUT2D eigenvalue weighted by atomic mass is 16.4. The molecule has 10 heavy (non-hydrogen) atoms. The maximum Gasteiger partial charge on any atom is 0.404 e. The van der Waals surface area contributed by atoms with Crippen LogP contribution < -0.4 is 11.1 Å². The summed E-state index contributed by atoms with van der Waals surface area (Å²) in [4.78, 5) is 9.98. The van der Waals surface area contributed by atoms with Gasteiger partial charge in [-0.1, -0.05) is 13.3 Å². The Morgan fingerprint density at radius 1 is 1.80 bits per heavy atom. The minimum Gasteiger partial charge on any atom is -0.465 e. The first-order valence-corrected chi connectivity index (χ1v) is 3.37. The van der Waals surface area contributed by atoms with Gasteiger partial charge in [0.1, 0.15) is 0 Å². The lowest BCUT2D eigenvalue weighted by Crippen LogP contribution is -2.31. The number of hydrogen-bond acceptors (Lipinski definition) is 2. The highest BCUT2D eigenvalue weighted by molar-refractivity contribution is 5.64. The molecule has 0 aliphatic rings. The first-order chi connectivity index (χ1) is 4.70. The van der Waals surface area contributed by atoms with E-state index in [0.29, 0.717) is 13.1 Å². The Morgan fingerprint density at radius 2 is 2.40 bits per heavy atom. The molecule has 0 aliphatic carbocycles. The molecule has 1 amide bonds. The van der Waals surface area contributed by atoms with Crippen molar-refractivity contribution in [1.82, 2.24) is 5.32 Å². The Morgan fingerprint density at radius 3 is 2.70 bits per heavy atom. The van der Waals surface area contributed by atoms with E-state index in [4.69, 9.17) is 10.8 Å². The molecule has 4 N–H and O–H groups in total. The van der Waals surface area contributed by atoms with Crippen molar-refractivity contribution >= 4 is 6.09 Å². The number of nitrogens with one attached hydrogen (secondary N) is 1.